The van der Waals surface area contributed by atoms with Gasteiger partial charge in [-0.1, -0.05) is 32.6 Å². The van der Waals surface area contributed by atoms with Crippen LogP contribution in [-0.2, 0) is 0 Å². The van der Waals surface area contributed by atoms with Crippen molar-refractivity contribution in [3.8, 4) is 0 Å². The van der Waals surface area contributed by atoms with Gasteiger partial charge in [-0.15, -0.1) is 0 Å². The summed E-state index contributed by atoms with van der Waals surface area (Å²) in [7, 11) is 0. The molecule has 0 aromatic heterocycles. The standard InChI is InChI=1S/C15H32N4/c1-2-3-4-5-8-15(18-11-6-9-16-13-18)19-12-7-10-17-14-19/h15-17H,2-14H2,1H3. The normalized spacial score (nSPS) is 23.1. The molecule has 4 nitrogen and oxygen atoms in total. The Morgan fingerprint density at radius 2 is 1.53 bits per heavy atom. The molecule has 0 spiro atoms. The van der Waals surface area contributed by atoms with E-state index in [1.54, 1.807) is 0 Å². The van der Waals surface area contributed by atoms with E-state index in [0.29, 0.717) is 6.17 Å². The molecule has 2 saturated heterocycles. The molecule has 112 valence electrons. The molecule has 19 heavy (non-hydrogen) atoms. The fourth-order valence-corrected chi connectivity index (χ4v) is 3.28. The number of hydrogen-bond donors (Lipinski definition) is 2. The van der Waals surface area contributed by atoms with Gasteiger partial charge in [0.1, 0.15) is 0 Å². The molecular formula is C15H32N4. The van der Waals surface area contributed by atoms with E-state index in [1.165, 1.54) is 71.1 Å². The van der Waals surface area contributed by atoms with Crippen molar-refractivity contribution in [1.29, 1.82) is 0 Å². The zero-order chi connectivity index (χ0) is 13.3. The maximum absolute atomic E-state index is 3.53. The summed E-state index contributed by atoms with van der Waals surface area (Å²) >= 11 is 0. The van der Waals surface area contributed by atoms with Crippen LogP contribution in [0.3, 0.4) is 0 Å². The van der Waals surface area contributed by atoms with Crippen LogP contribution in [0.1, 0.15) is 51.9 Å². The van der Waals surface area contributed by atoms with E-state index in [2.05, 4.69) is 27.4 Å². The number of rotatable bonds is 7. The van der Waals surface area contributed by atoms with Crippen molar-refractivity contribution >= 4 is 0 Å². The predicted molar refractivity (Wildman–Crippen MR) is 80.9 cm³/mol. The first-order valence-corrected chi connectivity index (χ1v) is 8.31. The highest BCUT2D eigenvalue weighted by Crippen LogP contribution is 2.17. The van der Waals surface area contributed by atoms with E-state index < -0.39 is 0 Å². The molecule has 0 atom stereocenters. The summed E-state index contributed by atoms with van der Waals surface area (Å²) in [6, 6.07) is 0. The van der Waals surface area contributed by atoms with Crippen LogP contribution in [0.4, 0.5) is 0 Å². The van der Waals surface area contributed by atoms with Crippen LogP contribution in [0.15, 0.2) is 0 Å². The monoisotopic (exact) mass is 268 g/mol. The molecule has 2 aliphatic heterocycles. The summed E-state index contributed by atoms with van der Waals surface area (Å²) < 4.78 is 0. The SMILES string of the molecule is CCCCCCC(N1CCCNC1)N1CCCNC1. The highest BCUT2D eigenvalue weighted by molar-refractivity contribution is 4.78. The van der Waals surface area contributed by atoms with E-state index in [-0.39, 0.29) is 0 Å². The molecular weight excluding hydrogens is 236 g/mol. The van der Waals surface area contributed by atoms with Gasteiger partial charge in [0.25, 0.3) is 0 Å². The molecule has 2 N–H and O–H groups in total. The van der Waals surface area contributed by atoms with Gasteiger partial charge in [0.15, 0.2) is 0 Å². The van der Waals surface area contributed by atoms with Gasteiger partial charge in [-0.2, -0.15) is 0 Å². The molecule has 0 amide bonds. The Balaban J connectivity index is 1.83. The molecule has 4 heteroatoms. The maximum Gasteiger partial charge on any atom is 0.0644 e. The third kappa shape index (κ3) is 5.03. The van der Waals surface area contributed by atoms with E-state index >= 15 is 0 Å². The lowest BCUT2D eigenvalue weighted by molar-refractivity contribution is 0.00254. The Morgan fingerprint density at radius 3 is 2.00 bits per heavy atom. The lowest BCUT2D eigenvalue weighted by atomic mass is 10.1. The molecule has 2 heterocycles. The summed E-state index contributed by atoms with van der Waals surface area (Å²) in [6.45, 7) is 9.36. The minimum absolute atomic E-state index is 0.650. The third-order valence-electron chi connectivity index (χ3n) is 4.39. The van der Waals surface area contributed by atoms with E-state index in [4.69, 9.17) is 0 Å². The van der Waals surface area contributed by atoms with E-state index in [0.717, 1.165) is 13.3 Å². The first kappa shape index (κ1) is 15.2. The van der Waals surface area contributed by atoms with Gasteiger partial charge in [0, 0.05) is 26.4 Å². The fraction of sp³-hybridized carbons (Fsp3) is 1.00. The Kier molecular flexibility index (Phi) is 7.14. The third-order valence-corrected chi connectivity index (χ3v) is 4.39. The predicted octanol–water partition coefficient (Wildman–Crippen LogP) is 1.79. The van der Waals surface area contributed by atoms with Crippen molar-refractivity contribution < 1.29 is 0 Å². The summed E-state index contributed by atoms with van der Waals surface area (Å²) in [4.78, 5) is 5.31. The first-order chi connectivity index (χ1) is 9.42. The number of unbranched alkanes of at least 4 members (excludes halogenated alkanes) is 3. The van der Waals surface area contributed by atoms with Crippen molar-refractivity contribution in [3.05, 3.63) is 0 Å². The highest BCUT2D eigenvalue weighted by atomic mass is 15.4. The van der Waals surface area contributed by atoms with Crippen LogP contribution in [0, 0.1) is 0 Å². The zero-order valence-electron chi connectivity index (χ0n) is 12.7. The fourth-order valence-electron chi connectivity index (χ4n) is 3.28. The van der Waals surface area contributed by atoms with Crippen molar-refractivity contribution in [2.75, 3.05) is 39.5 Å². The molecule has 0 saturated carbocycles. The minimum atomic E-state index is 0.650. The molecule has 0 aromatic rings. The van der Waals surface area contributed by atoms with Crippen LogP contribution in [-0.4, -0.2) is 55.5 Å². The molecule has 0 radical (unpaired) electrons. The van der Waals surface area contributed by atoms with Crippen molar-refractivity contribution in [2.45, 2.75) is 58.0 Å². The second kappa shape index (κ2) is 8.90. The molecule has 0 aromatic carbocycles. The quantitative estimate of drug-likeness (QED) is 0.689. The average Bonchev–Trinajstić information content (AvgIpc) is 2.49. The number of hydrogen-bond acceptors (Lipinski definition) is 4. The summed E-state index contributed by atoms with van der Waals surface area (Å²) in [5.74, 6) is 0. The molecule has 2 rings (SSSR count). The van der Waals surface area contributed by atoms with Gasteiger partial charge in [-0.05, 0) is 32.4 Å². The number of nitrogens with zero attached hydrogens (tertiary/aromatic N) is 2. The van der Waals surface area contributed by atoms with Crippen LogP contribution in [0.5, 0.6) is 0 Å². The van der Waals surface area contributed by atoms with E-state index in [1.807, 2.05) is 0 Å². The van der Waals surface area contributed by atoms with Gasteiger partial charge >= 0.3 is 0 Å². The molecule has 0 bridgehead atoms. The average molecular weight is 268 g/mol. The smallest absolute Gasteiger partial charge is 0.0644 e. The van der Waals surface area contributed by atoms with Crippen LogP contribution in [0.2, 0.25) is 0 Å². The molecule has 2 fully saturated rings. The van der Waals surface area contributed by atoms with Gasteiger partial charge in [-0.3, -0.25) is 9.80 Å². The van der Waals surface area contributed by atoms with Crippen molar-refractivity contribution in [2.24, 2.45) is 0 Å². The molecule has 0 aliphatic carbocycles. The summed E-state index contributed by atoms with van der Waals surface area (Å²) in [5, 5.41) is 7.07. The van der Waals surface area contributed by atoms with Gasteiger partial charge < -0.3 is 10.6 Å². The van der Waals surface area contributed by atoms with Gasteiger partial charge in [0.05, 0.1) is 6.17 Å². The van der Waals surface area contributed by atoms with Crippen LogP contribution in [0.25, 0.3) is 0 Å². The van der Waals surface area contributed by atoms with Crippen molar-refractivity contribution in [1.82, 2.24) is 20.4 Å². The molecule has 0 unspecified atom stereocenters. The Hall–Kier alpha value is -0.160. The first-order valence-electron chi connectivity index (χ1n) is 8.31. The topological polar surface area (TPSA) is 30.5 Å². The largest absolute Gasteiger partial charge is 0.304 e. The minimum Gasteiger partial charge on any atom is -0.304 e. The van der Waals surface area contributed by atoms with E-state index in [9.17, 15) is 0 Å². The maximum atomic E-state index is 3.53. The second-order valence-electron chi connectivity index (χ2n) is 5.98. The zero-order valence-corrected chi connectivity index (χ0v) is 12.7. The van der Waals surface area contributed by atoms with Crippen LogP contribution >= 0.6 is 0 Å². The summed E-state index contributed by atoms with van der Waals surface area (Å²) in [6.07, 6.45) is 10.1. The Labute approximate surface area is 118 Å². The lowest BCUT2D eigenvalue weighted by Gasteiger charge is -2.43. The number of nitrogens with one attached hydrogen (secondary N) is 2. The van der Waals surface area contributed by atoms with Crippen molar-refractivity contribution in [3.63, 3.8) is 0 Å². The highest BCUT2D eigenvalue weighted by Gasteiger charge is 2.26. The van der Waals surface area contributed by atoms with Gasteiger partial charge in [0.2, 0.25) is 0 Å². The van der Waals surface area contributed by atoms with Gasteiger partial charge in [-0.25, -0.2) is 0 Å². The lowest BCUT2D eigenvalue weighted by Crippen LogP contribution is -2.58. The Bertz CT molecular complexity index is 204. The second-order valence-corrected chi connectivity index (χ2v) is 5.98. The van der Waals surface area contributed by atoms with Crippen LogP contribution < -0.4 is 10.6 Å². The Morgan fingerprint density at radius 1 is 0.895 bits per heavy atom. The summed E-state index contributed by atoms with van der Waals surface area (Å²) in [5.41, 5.74) is 0. The molecule has 2 aliphatic rings.